The quantitative estimate of drug-likeness (QED) is 0.921. The van der Waals surface area contributed by atoms with E-state index in [1.807, 2.05) is 29.0 Å². The maximum Gasteiger partial charge on any atom is 0.237 e. The van der Waals surface area contributed by atoms with Gasteiger partial charge in [0.15, 0.2) is 0 Å². The smallest absolute Gasteiger partial charge is 0.237 e. The van der Waals surface area contributed by atoms with Crippen LogP contribution in [0.25, 0.3) is 0 Å². The lowest BCUT2D eigenvalue weighted by atomic mass is 10.1. The van der Waals surface area contributed by atoms with Gasteiger partial charge in [-0.25, -0.2) is 8.42 Å². The zero-order chi connectivity index (χ0) is 12.6. The van der Waals surface area contributed by atoms with Gasteiger partial charge >= 0.3 is 0 Å². The van der Waals surface area contributed by atoms with Crippen LogP contribution in [0.1, 0.15) is 17.9 Å². The molecule has 4 nitrogen and oxygen atoms in total. The number of nitrogens with one attached hydrogen (secondary N) is 1. The first kappa shape index (κ1) is 12.6. The number of hydrogen-bond acceptors (Lipinski definition) is 3. The van der Waals surface area contributed by atoms with Crippen molar-refractivity contribution >= 4 is 31.9 Å². The molecule has 0 heterocycles. The zero-order valence-corrected chi connectivity index (χ0v) is 11.6. The van der Waals surface area contributed by atoms with Gasteiger partial charge in [-0.3, -0.25) is 9.52 Å². The third-order valence-electron chi connectivity index (χ3n) is 2.71. The number of carbonyl (C=O) groups excluding carboxylic acids is 1. The Bertz CT molecular complexity index is 538. The molecule has 2 rings (SSSR count). The van der Waals surface area contributed by atoms with E-state index < -0.39 is 15.9 Å². The second-order valence-electron chi connectivity index (χ2n) is 4.24. The first-order valence-electron chi connectivity index (χ1n) is 5.14. The third-order valence-corrected chi connectivity index (χ3v) is 3.81. The Morgan fingerprint density at radius 1 is 1.35 bits per heavy atom. The first-order valence-corrected chi connectivity index (χ1v) is 7.82. The average molecular weight is 318 g/mol. The molecule has 6 heteroatoms. The molecule has 2 atom stereocenters. The van der Waals surface area contributed by atoms with Crippen LogP contribution >= 0.6 is 15.9 Å². The minimum atomic E-state index is -3.45. The van der Waals surface area contributed by atoms with Crippen molar-refractivity contribution in [2.45, 2.75) is 12.3 Å². The lowest BCUT2D eigenvalue weighted by molar-refractivity contribution is -0.120. The Morgan fingerprint density at radius 2 is 1.94 bits per heavy atom. The van der Waals surface area contributed by atoms with Crippen LogP contribution in [0.2, 0.25) is 0 Å². The molecule has 1 aromatic rings. The van der Waals surface area contributed by atoms with Crippen molar-refractivity contribution in [1.29, 1.82) is 0 Å². The summed E-state index contributed by atoms with van der Waals surface area (Å²) in [6.45, 7) is 0. The maximum atomic E-state index is 11.6. The fourth-order valence-electron chi connectivity index (χ4n) is 1.82. The largest absolute Gasteiger partial charge is 0.274 e. The van der Waals surface area contributed by atoms with E-state index in [4.69, 9.17) is 0 Å². The van der Waals surface area contributed by atoms with Crippen LogP contribution in [-0.4, -0.2) is 20.6 Å². The minimum absolute atomic E-state index is 0.143. The average Bonchev–Trinajstić information content (AvgIpc) is 2.96. The molecular weight excluding hydrogens is 306 g/mol. The molecule has 1 aromatic carbocycles. The Kier molecular flexibility index (Phi) is 3.27. The molecule has 1 aliphatic rings. The van der Waals surface area contributed by atoms with Crippen molar-refractivity contribution in [3.63, 3.8) is 0 Å². The van der Waals surface area contributed by atoms with Crippen LogP contribution < -0.4 is 4.72 Å². The topological polar surface area (TPSA) is 63.2 Å². The highest BCUT2D eigenvalue weighted by Crippen LogP contribution is 2.47. The Balaban J connectivity index is 2.01. The molecule has 92 valence electrons. The van der Waals surface area contributed by atoms with Crippen LogP contribution in [0.5, 0.6) is 0 Å². The van der Waals surface area contributed by atoms with Crippen LogP contribution in [0, 0.1) is 5.92 Å². The fourth-order valence-corrected chi connectivity index (χ4v) is 2.60. The number of amides is 1. The molecule has 0 saturated heterocycles. The third kappa shape index (κ3) is 3.29. The van der Waals surface area contributed by atoms with E-state index in [1.54, 1.807) is 0 Å². The van der Waals surface area contributed by atoms with E-state index in [0.717, 1.165) is 16.3 Å². The number of benzene rings is 1. The van der Waals surface area contributed by atoms with E-state index in [0.29, 0.717) is 6.42 Å². The molecular formula is C11H12BrNO3S. The fraction of sp³-hybridized carbons (Fsp3) is 0.364. The molecule has 1 N–H and O–H groups in total. The number of halogens is 1. The molecule has 1 aliphatic carbocycles. The number of rotatable bonds is 3. The van der Waals surface area contributed by atoms with E-state index in [1.165, 1.54) is 0 Å². The summed E-state index contributed by atoms with van der Waals surface area (Å²) in [7, 11) is -3.45. The number of sulfonamides is 1. The normalized spacial score (nSPS) is 23.2. The van der Waals surface area contributed by atoms with Crippen molar-refractivity contribution in [1.82, 2.24) is 4.72 Å². The minimum Gasteiger partial charge on any atom is -0.274 e. The second kappa shape index (κ2) is 4.42. The number of carbonyl (C=O) groups is 1. The second-order valence-corrected chi connectivity index (χ2v) is 6.90. The van der Waals surface area contributed by atoms with Gasteiger partial charge in [-0.15, -0.1) is 0 Å². The summed E-state index contributed by atoms with van der Waals surface area (Å²) in [5.41, 5.74) is 1.07. The van der Waals surface area contributed by atoms with Crippen molar-refractivity contribution in [2.75, 3.05) is 6.26 Å². The summed E-state index contributed by atoms with van der Waals surface area (Å²) < 4.78 is 24.8. The highest BCUT2D eigenvalue weighted by molar-refractivity contribution is 9.10. The van der Waals surface area contributed by atoms with Gasteiger partial charge in [-0.2, -0.15) is 0 Å². The molecule has 1 amide bonds. The van der Waals surface area contributed by atoms with Gasteiger partial charge in [0.05, 0.1) is 6.26 Å². The summed E-state index contributed by atoms with van der Waals surface area (Å²) >= 11 is 3.34. The van der Waals surface area contributed by atoms with Crippen molar-refractivity contribution in [3.8, 4) is 0 Å². The van der Waals surface area contributed by atoms with E-state index in [-0.39, 0.29) is 11.8 Å². The highest BCUT2D eigenvalue weighted by atomic mass is 79.9. The molecule has 0 spiro atoms. The summed E-state index contributed by atoms with van der Waals surface area (Å²) in [6.07, 6.45) is 1.70. The summed E-state index contributed by atoms with van der Waals surface area (Å²) in [5.74, 6) is -0.476. The molecule has 1 saturated carbocycles. The zero-order valence-electron chi connectivity index (χ0n) is 9.18. The standard InChI is InChI=1S/C11H12BrNO3S/c1-17(15,16)13-11(14)10-6-9(10)7-2-4-8(12)5-3-7/h2-5,9-10H,6H2,1H3,(H,13,14)/t9-,10+/m1/s1. The van der Waals surface area contributed by atoms with E-state index >= 15 is 0 Å². The molecule has 17 heavy (non-hydrogen) atoms. The van der Waals surface area contributed by atoms with Crippen LogP contribution in [0.3, 0.4) is 0 Å². The Hall–Kier alpha value is -0.880. The molecule has 0 unspecified atom stereocenters. The lowest BCUT2D eigenvalue weighted by Gasteiger charge is -2.02. The van der Waals surface area contributed by atoms with Crippen molar-refractivity contribution in [2.24, 2.45) is 5.92 Å². The van der Waals surface area contributed by atoms with Gasteiger partial charge in [-0.05, 0) is 30.0 Å². The Labute approximate surface area is 109 Å². The molecule has 0 aliphatic heterocycles. The molecule has 1 fully saturated rings. The summed E-state index contributed by atoms with van der Waals surface area (Å²) in [4.78, 5) is 11.6. The van der Waals surface area contributed by atoms with Crippen LogP contribution in [-0.2, 0) is 14.8 Å². The number of hydrogen-bond donors (Lipinski definition) is 1. The Morgan fingerprint density at radius 3 is 2.47 bits per heavy atom. The molecule has 0 radical (unpaired) electrons. The first-order chi connectivity index (χ1) is 7.87. The van der Waals surface area contributed by atoms with Crippen molar-refractivity contribution < 1.29 is 13.2 Å². The summed E-state index contributed by atoms with van der Waals surface area (Å²) in [5, 5.41) is 0. The molecule has 0 aromatic heterocycles. The van der Waals surface area contributed by atoms with Crippen LogP contribution in [0.4, 0.5) is 0 Å². The van der Waals surface area contributed by atoms with Gasteiger partial charge < -0.3 is 0 Å². The maximum absolute atomic E-state index is 11.6. The van der Waals surface area contributed by atoms with E-state index in [2.05, 4.69) is 15.9 Å². The summed E-state index contributed by atoms with van der Waals surface area (Å²) in [6, 6.07) is 7.73. The highest BCUT2D eigenvalue weighted by Gasteiger charge is 2.44. The predicted octanol–water partition coefficient (Wildman–Crippen LogP) is 1.63. The molecule has 0 bridgehead atoms. The van der Waals surface area contributed by atoms with Gasteiger partial charge in [0.2, 0.25) is 15.9 Å². The lowest BCUT2D eigenvalue weighted by Crippen LogP contribution is -2.30. The predicted molar refractivity (Wildman–Crippen MR) is 68.0 cm³/mol. The van der Waals surface area contributed by atoms with Crippen molar-refractivity contribution in [3.05, 3.63) is 34.3 Å². The van der Waals surface area contributed by atoms with Crippen LogP contribution in [0.15, 0.2) is 28.7 Å². The van der Waals surface area contributed by atoms with E-state index in [9.17, 15) is 13.2 Å². The SMILES string of the molecule is CS(=O)(=O)NC(=O)[C@H]1C[C@@H]1c1ccc(Br)cc1. The van der Waals surface area contributed by atoms with Gasteiger partial charge in [-0.1, -0.05) is 28.1 Å². The van der Waals surface area contributed by atoms with Gasteiger partial charge in [0.1, 0.15) is 0 Å². The van der Waals surface area contributed by atoms with Gasteiger partial charge in [0, 0.05) is 10.4 Å². The monoisotopic (exact) mass is 317 g/mol. The van der Waals surface area contributed by atoms with Gasteiger partial charge in [0.25, 0.3) is 0 Å².